The number of hydrogen-bond donors (Lipinski definition) is 2. The first-order valence-corrected chi connectivity index (χ1v) is 7.53. The van der Waals surface area contributed by atoms with Gasteiger partial charge in [0.1, 0.15) is 5.82 Å². The number of carbonyl (C=O) groups is 1. The maximum absolute atomic E-state index is 12.1. The van der Waals surface area contributed by atoms with E-state index in [2.05, 4.69) is 34.7 Å². The first-order chi connectivity index (χ1) is 9.65. The first kappa shape index (κ1) is 14.8. The van der Waals surface area contributed by atoms with Gasteiger partial charge in [-0.15, -0.1) is 10.2 Å². The second kappa shape index (κ2) is 7.22. The summed E-state index contributed by atoms with van der Waals surface area (Å²) in [5.74, 6) is 2.07. The maximum Gasteiger partial charge on any atom is 0.228 e. The minimum atomic E-state index is 0.0851. The lowest BCUT2D eigenvalue weighted by Crippen LogP contribution is -2.25. The zero-order valence-corrected chi connectivity index (χ0v) is 12.4. The summed E-state index contributed by atoms with van der Waals surface area (Å²) < 4.78 is 0. The van der Waals surface area contributed by atoms with Crippen LogP contribution in [-0.4, -0.2) is 22.6 Å². The number of anilines is 2. The number of rotatable bonds is 5. The van der Waals surface area contributed by atoms with Crippen LogP contribution in [0.5, 0.6) is 0 Å². The van der Waals surface area contributed by atoms with E-state index in [9.17, 15) is 4.79 Å². The summed E-state index contributed by atoms with van der Waals surface area (Å²) in [6.45, 7) is 5.14. The number of hydrogen-bond acceptors (Lipinski definition) is 4. The van der Waals surface area contributed by atoms with Gasteiger partial charge in [-0.1, -0.05) is 33.1 Å². The molecular weight excluding hydrogens is 252 g/mol. The lowest BCUT2D eigenvalue weighted by atomic mass is 9.89. The molecule has 2 N–H and O–H groups in total. The zero-order chi connectivity index (χ0) is 14.4. The van der Waals surface area contributed by atoms with E-state index < -0.39 is 0 Å². The van der Waals surface area contributed by atoms with E-state index in [4.69, 9.17) is 0 Å². The molecule has 1 heterocycles. The quantitative estimate of drug-likeness (QED) is 0.867. The average molecular weight is 276 g/mol. The van der Waals surface area contributed by atoms with Gasteiger partial charge < -0.3 is 10.6 Å². The molecule has 1 aromatic rings. The van der Waals surface area contributed by atoms with Crippen molar-refractivity contribution >= 4 is 17.5 Å². The van der Waals surface area contributed by atoms with Crippen LogP contribution in [0.2, 0.25) is 0 Å². The molecule has 20 heavy (non-hydrogen) atoms. The molecule has 0 aliphatic heterocycles. The summed E-state index contributed by atoms with van der Waals surface area (Å²) in [7, 11) is 0. The highest BCUT2D eigenvalue weighted by molar-refractivity contribution is 5.91. The standard InChI is InChI=1S/C15H24N4O/c1-11(2)10-16-13-8-9-14(19-18-13)17-15(20)12-6-4-3-5-7-12/h8-9,11-12H,3-7,10H2,1-2H3,(H,16,18)(H,17,19,20). The van der Waals surface area contributed by atoms with Gasteiger partial charge in [-0.3, -0.25) is 4.79 Å². The minimum absolute atomic E-state index is 0.0851. The highest BCUT2D eigenvalue weighted by atomic mass is 16.1. The van der Waals surface area contributed by atoms with Gasteiger partial charge >= 0.3 is 0 Å². The van der Waals surface area contributed by atoms with Crippen LogP contribution in [0, 0.1) is 11.8 Å². The van der Waals surface area contributed by atoms with E-state index >= 15 is 0 Å². The molecule has 0 spiro atoms. The largest absolute Gasteiger partial charge is 0.368 e. The molecule has 0 aromatic carbocycles. The van der Waals surface area contributed by atoms with Gasteiger partial charge in [-0.05, 0) is 30.9 Å². The van der Waals surface area contributed by atoms with Crippen LogP contribution < -0.4 is 10.6 Å². The smallest absolute Gasteiger partial charge is 0.228 e. The van der Waals surface area contributed by atoms with Crippen molar-refractivity contribution in [1.29, 1.82) is 0 Å². The first-order valence-electron chi connectivity index (χ1n) is 7.53. The SMILES string of the molecule is CC(C)CNc1ccc(NC(=O)C2CCCCC2)nn1. The molecule has 0 bridgehead atoms. The Kier molecular flexibility index (Phi) is 5.32. The molecule has 0 radical (unpaired) electrons. The minimum Gasteiger partial charge on any atom is -0.368 e. The summed E-state index contributed by atoms with van der Waals surface area (Å²) in [6, 6.07) is 3.66. The number of nitrogens with one attached hydrogen (secondary N) is 2. The topological polar surface area (TPSA) is 66.9 Å². The molecule has 0 atom stereocenters. The Balaban J connectivity index is 1.84. The van der Waals surface area contributed by atoms with Crippen LogP contribution in [0.1, 0.15) is 46.0 Å². The highest BCUT2D eigenvalue weighted by Crippen LogP contribution is 2.24. The number of amides is 1. The van der Waals surface area contributed by atoms with Crippen molar-refractivity contribution in [2.45, 2.75) is 46.0 Å². The van der Waals surface area contributed by atoms with Crippen LogP contribution in [0.3, 0.4) is 0 Å². The number of nitrogens with zero attached hydrogens (tertiary/aromatic N) is 2. The van der Waals surface area contributed by atoms with Crippen LogP contribution in [0.15, 0.2) is 12.1 Å². The maximum atomic E-state index is 12.1. The third-order valence-electron chi connectivity index (χ3n) is 3.58. The fourth-order valence-electron chi connectivity index (χ4n) is 2.39. The van der Waals surface area contributed by atoms with Gasteiger partial charge in [0.05, 0.1) is 0 Å². The molecule has 0 unspecified atom stereocenters. The van der Waals surface area contributed by atoms with Crippen LogP contribution in [0.4, 0.5) is 11.6 Å². The molecule has 2 rings (SSSR count). The highest BCUT2D eigenvalue weighted by Gasteiger charge is 2.21. The van der Waals surface area contributed by atoms with Gasteiger partial charge in [0.2, 0.25) is 5.91 Å². The molecule has 5 nitrogen and oxygen atoms in total. The molecule has 1 aliphatic rings. The van der Waals surface area contributed by atoms with Gasteiger partial charge in [0.25, 0.3) is 0 Å². The molecule has 5 heteroatoms. The van der Waals surface area contributed by atoms with Crippen molar-refractivity contribution in [3.05, 3.63) is 12.1 Å². The molecule has 1 saturated carbocycles. The molecular formula is C15H24N4O. The fourth-order valence-corrected chi connectivity index (χ4v) is 2.39. The van der Waals surface area contributed by atoms with Gasteiger partial charge in [-0.25, -0.2) is 0 Å². The zero-order valence-electron chi connectivity index (χ0n) is 12.4. The summed E-state index contributed by atoms with van der Waals surface area (Å²) >= 11 is 0. The lowest BCUT2D eigenvalue weighted by Gasteiger charge is -2.20. The predicted octanol–water partition coefficient (Wildman–Crippen LogP) is 3.06. The van der Waals surface area contributed by atoms with Crippen molar-refractivity contribution < 1.29 is 4.79 Å². The number of carbonyl (C=O) groups excluding carboxylic acids is 1. The Bertz CT molecular complexity index is 424. The van der Waals surface area contributed by atoms with Gasteiger partial charge in [0.15, 0.2) is 5.82 Å². The van der Waals surface area contributed by atoms with Crippen molar-refractivity contribution in [1.82, 2.24) is 10.2 Å². The van der Waals surface area contributed by atoms with E-state index in [1.54, 1.807) is 6.07 Å². The number of aromatic nitrogens is 2. The van der Waals surface area contributed by atoms with Crippen molar-refractivity contribution in [2.75, 3.05) is 17.2 Å². The van der Waals surface area contributed by atoms with E-state index in [1.807, 2.05) is 6.07 Å². The Morgan fingerprint density at radius 1 is 1.20 bits per heavy atom. The predicted molar refractivity (Wildman–Crippen MR) is 80.6 cm³/mol. The second-order valence-electron chi connectivity index (χ2n) is 5.90. The van der Waals surface area contributed by atoms with Gasteiger partial charge in [0, 0.05) is 12.5 Å². The Morgan fingerprint density at radius 2 is 1.85 bits per heavy atom. The van der Waals surface area contributed by atoms with Gasteiger partial charge in [-0.2, -0.15) is 0 Å². The monoisotopic (exact) mass is 276 g/mol. The molecule has 1 aromatic heterocycles. The molecule has 1 amide bonds. The van der Waals surface area contributed by atoms with Crippen LogP contribution in [-0.2, 0) is 4.79 Å². The molecule has 0 saturated heterocycles. The molecule has 1 aliphatic carbocycles. The summed E-state index contributed by atoms with van der Waals surface area (Å²) in [5, 5.41) is 14.2. The third kappa shape index (κ3) is 4.47. The van der Waals surface area contributed by atoms with Crippen molar-refractivity contribution in [3.8, 4) is 0 Å². The van der Waals surface area contributed by atoms with Crippen LogP contribution in [0.25, 0.3) is 0 Å². The van der Waals surface area contributed by atoms with E-state index in [1.165, 1.54) is 6.42 Å². The van der Waals surface area contributed by atoms with Crippen molar-refractivity contribution in [3.63, 3.8) is 0 Å². The Labute approximate surface area is 120 Å². The second-order valence-corrected chi connectivity index (χ2v) is 5.90. The Hall–Kier alpha value is -1.65. The van der Waals surface area contributed by atoms with E-state index in [0.717, 1.165) is 38.0 Å². The molecule has 1 fully saturated rings. The van der Waals surface area contributed by atoms with E-state index in [-0.39, 0.29) is 11.8 Å². The Morgan fingerprint density at radius 3 is 2.45 bits per heavy atom. The van der Waals surface area contributed by atoms with Crippen LogP contribution >= 0.6 is 0 Å². The normalized spacial score (nSPS) is 16.1. The third-order valence-corrected chi connectivity index (χ3v) is 3.58. The van der Waals surface area contributed by atoms with Crippen molar-refractivity contribution in [2.24, 2.45) is 11.8 Å². The fraction of sp³-hybridized carbons (Fsp3) is 0.667. The lowest BCUT2D eigenvalue weighted by molar-refractivity contribution is -0.120. The summed E-state index contributed by atoms with van der Waals surface area (Å²) in [5.41, 5.74) is 0. The molecule has 110 valence electrons. The van der Waals surface area contributed by atoms with E-state index in [0.29, 0.717) is 11.7 Å². The summed E-state index contributed by atoms with van der Waals surface area (Å²) in [6.07, 6.45) is 5.55. The summed E-state index contributed by atoms with van der Waals surface area (Å²) in [4.78, 5) is 12.1. The average Bonchev–Trinajstić information content (AvgIpc) is 2.47.